The highest BCUT2D eigenvalue weighted by atomic mass is 14.8. The summed E-state index contributed by atoms with van der Waals surface area (Å²) in [7, 11) is 5.86. The fourth-order valence-corrected chi connectivity index (χ4v) is 0.721. The zero-order valence-corrected chi connectivity index (χ0v) is 9.32. The number of nitrogens with one attached hydrogen (secondary N) is 3. The summed E-state index contributed by atoms with van der Waals surface area (Å²) in [4.78, 5) is 0. The average molecular weight is 190 g/mol. The predicted molar refractivity (Wildman–Crippen MR) is 60.1 cm³/mol. The van der Waals surface area contributed by atoms with Gasteiger partial charge in [0.2, 0.25) is 0 Å². The molecule has 4 heteroatoms. The molecule has 0 unspecified atom stereocenters. The van der Waals surface area contributed by atoms with E-state index in [1.54, 1.807) is 0 Å². The predicted octanol–water partition coefficient (Wildman–Crippen LogP) is -0.630. The molecule has 0 atom stereocenters. The maximum atomic E-state index is 5.17. The van der Waals surface area contributed by atoms with E-state index in [0.29, 0.717) is 0 Å². The Morgan fingerprint density at radius 2 is 1.15 bits per heavy atom. The fraction of sp³-hybridized carbons (Fsp3) is 1.00. The maximum Gasteiger partial charge on any atom is -0.00398 e. The summed E-state index contributed by atoms with van der Waals surface area (Å²) in [6.45, 7) is 4.05. The Kier molecular flexibility index (Phi) is 21.0. The lowest BCUT2D eigenvalue weighted by molar-refractivity contribution is 0.676. The second kappa shape index (κ2) is 17.8. The summed E-state index contributed by atoms with van der Waals surface area (Å²) in [5, 5.41) is 9.11. The molecule has 0 aromatic rings. The molecule has 0 aliphatic rings. The van der Waals surface area contributed by atoms with E-state index >= 15 is 0 Å². The smallest absolute Gasteiger partial charge is 0.00398 e. The van der Waals surface area contributed by atoms with Crippen molar-refractivity contribution in [2.75, 3.05) is 47.3 Å². The molecule has 0 aliphatic heterocycles. The first-order valence-electron chi connectivity index (χ1n) is 4.97. The highest BCUT2D eigenvalue weighted by Gasteiger charge is 1.77. The van der Waals surface area contributed by atoms with E-state index in [2.05, 4.69) is 16.0 Å². The van der Waals surface area contributed by atoms with Gasteiger partial charge in [-0.2, -0.15) is 0 Å². The van der Waals surface area contributed by atoms with Crippen LogP contribution in [0.4, 0.5) is 0 Å². The van der Waals surface area contributed by atoms with E-state index in [-0.39, 0.29) is 0 Å². The average Bonchev–Trinajstić information content (AvgIpc) is 2.17. The monoisotopic (exact) mass is 190 g/mol. The van der Waals surface area contributed by atoms with Crippen LogP contribution in [-0.4, -0.2) is 47.3 Å². The Bertz CT molecular complexity index is 60.6. The lowest BCUT2D eigenvalue weighted by atomic mass is 10.4. The minimum atomic E-state index is 0.792. The van der Waals surface area contributed by atoms with E-state index in [0.717, 1.165) is 32.6 Å². The molecule has 0 rings (SSSR count). The molecular formula is C9H26N4. The number of hydrogen-bond donors (Lipinski definition) is 4. The van der Waals surface area contributed by atoms with Crippen LogP contribution < -0.4 is 21.7 Å². The van der Waals surface area contributed by atoms with Crippen LogP contribution >= 0.6 is 0 Å². The van der Waals surface area contributed by atoms with Gasteiger partial charge in [0, 0.05) is 0 Å². The molecule has 0 saturated heterocycles. The SMILES string of the molecule is CNCCCN.CNCCCNC. The molecule has 0 fully saturated rings. The van der Waals surface area contributed by atoms with Crippen LogP contribution in [-0.2, 0) is 0 Å². The Hall–Kier alpha value is -0.160. The van der Waals surface area contributed by atoms with Gasteiger partial charge in [-0.25, -0.2) is 0 Å². The van der Waals surface area contributed by atoms with E-state index < -0.39 is 0 Å². The summed E-state index contributed by atoms with van der Waals surface area (Å²) in [5.41, 5.74) is 5.17. The highest BCUT2D eigenvalue weighted by Crippen LogP contribution is 1.66. The lowest BCUT2D eigenvalue weighted by Gasteiger charge is -1.95. The van der Waals surface area contributed by atoms with Gasteiger partial charge in [-0.15, -0.1) is 0 Å². The van der Waals surface area contributed by atoms with Crippen molar-refractivity contribution in [3.8, 4) is 0 Å². The Balaban J connectivity index is 0. The molecule has 0 bridgehead atoms. The maximum absolute atomic E-state index is 5.17. The molecule has 13 heavy (non-hydrogen) atoms. The summed E-state index contributed by atoms with van der Waals surface area (Å²) in [6, 6.07) is 0. The first-order chi connectivity index (χ1) is 6.33. The van der Waals surface area contributed by atoms with E-state index in [9.17, 15) is 0 Å². The zero-order chi connectivity index (χ0) is 10.4. The van der Waals surface area contributed by atoms with Crippen molar-refractivity contribution in [2.45, 2.75) is 12.8 Å². The summed E-state index contributed by atoms with van der Waals surface area (Å²) >= 11 is 0. The molecule has 0 radical (unpaired) electrons. The molecule has 4 nitrogen and oxygen atoms in total. The van der Waals surface area contributed by atoms with Gasteiger partial charge >= 0.3 is 0 Å². The molecule has 0 saturated carbocycles. The third kappa shape index (κ3) is 24.5. The van der Waals surface area contributed by atoms with Gasteiger partial charge in [-0.3, -0.25) is 0 Å². The van der Waals surface area contributed by atoms with Crippen molar-refractivity contribution >= 4 is 0 Å². The van der Waals surface area contributed by atoms with Crippen molar-refractivity contribution in [1.29, 1.82) is 0 Å². The van der Waals surface area contributed by atoms with E-state index in [4.69, 9.17) is 5.73 Å². The molecule has 5 N–H and O–H groups in total. The van der Waals surface area contributed by atoms with Crippen LogP contribution in [0.1, 0.15) is 12.8 Å². The first-order valence-corrected chi connectivity index (χ1v) is 4.97. The highest BCUT2D eigenvalue weighted by molar-refractivity contribution is 4.42. The number of nitrogens with two attached hydrogens (primary N) is 1. The second-order valence-electron chi connectivity index (χ2n) is 2.81. The largest absolute Gasteiger partial charge is 0.330 e. The van der Waals surface area contributed by atoms with Crippen LogP contribution in [0.3, 0.4) is 0 Å². The van der Waals surface area contributed by atoms with Crippen LogP contribution in [0.5, 0.6) is 0 Å². The molecule has 0 aromatic heterocycles. The number of rotatable bonds is 7. The first kappa shape index (κ1) is 15.3. The summed E-state index contributed by atoms with van der Waals surface area (Å²) in [5.74, 6) is 0. The van der Waals surface area contributed by atoms with Crippen molar-refractivity contribution in [3.63, 3.8) is 0 Å². The van der Waals surface area contributed by atoms with Crippen LogP contribution in [0.15, 0.2) is 0 Å². The normalized spacial score (nSPS) is 9.23. The second-order valence-corrected chi connectivity index (χ2v) is 2.81. The fourth-order valence-electron chi connectivity index (χ4n) is 0.721. The van der Waals surface area contributed by atoms with E-state index in [1.165, 1.54) is 6.42 Å². The van der Waals surface area contributed by atoms with Crippen LogP contribution in [0.2, 0.25) is 0 Å². The third-order valence-corrected chi connectivity index (χ3v) is 1.48. The topological polar surface area (TPSA) is 62.1 Å². The van der Waals surface area contributed by atoms with Crippen molar-refractivity contribution in [2.24, 2.45) is 5.73 Å². The van der Waals surface area contributed by atoms with Crippen molar-refractivity contribution in [1.82, 2.24) is 16.0 Å². The van der Waals surface area contributed by atoms with Crippen LogP contribution in [0, 0.1) is 0 Å². The Morgan fingerprint density at radius 1 is 0.769 bits per heavy atom. The Labute approximate surface area is 82.7 Å². The van der Waals surface area contributed by atoms with Gasteiger partial charge in [0.15, 0.2) is 0 Å². The lowest BCUT2D eigenvalue weighted by Crippen LogP contribution is -2.15. The van der Waals surface area contributed by atoms with Gasteiger partial charge in [0.1, 0.15) is 0 Å². The van der Waals surface area contributed by atoms with Gasteiger partial charge in [-0.1, -0.05) is 0 Å². The van der Waals surface area contributed by atoms with E-state index in [1.807, 2.05) is 21.1 Å². The molecule has 0 heterocycles. The standard InChI is InChI=1S/C5H14N2.C4H12N2/c1-6-4-3-5-7-2;1-6-4-2-3-5/h6-7H,3-5H2,1-2H3;6H,2-5H2,1H3. The van der Waals surface area contributed by atoms with Gasteiger partial charge in [0.25, 0.3) is 0 Å². The Morgan fingerprint density at radius 3 is 1.38 bits per heavy atom. The van der Waals surface area contributed by atoms with Crippen molar-refractivity contribution < 1.29 is 0 Å². The summed E-state index contributed by atoms with van der Waals surface area (Å²) in [6.07, 6.45) is 2.30. The molecule has 82 valence electrons. The minimum Gasteiger partial charge on any atom is -0.330 e. The molecule has 0 aromatic carbocycles. The molecule has 0 amide bonds. The van der Waals surface area contributed by atoms with Crippen LogP contribution in [0.25, 0.3) is 0 Å². The van der Waals surface area contributed by atoms with Gasteiger partial charge in [0.05, 0.1) is 0 Å². The third-order valence-electron chi connectivity index (χ3n) is 1.48. The molecule has 0 spiro atoms. The molecule has 0 aliphatic carbocycles. The molecular weight excluding hydrogens is 164 g/mol. The number of hydrogen-bond acceptors (Lipinski definition) is 4. The van der Waals surface area contributed by atoms with Crippen molar-refractivity contribution in [3.05, 3.63) is 0 Å². The minimum absolute atomic E-state index is 0.792. The van der Waals surface area contributed by atoms with Gasteiger partial charge in [-0.05, 0) is 60.2 Å². The summed E-state index contributed by atoms with van der Waals surface area (Å²) < 4.78 is 0. The van der Waals surface area contributed by atoms with Gasteiger partial charge < -0.3 is 21.7 Å². The quantitative estimate of drug-likeness (QED) is 0.404. The zero-order valence-electron chi connectivity index (χ0n) is 9.32.